The minimum atomic E-state index is -1.18. The van der Waals surface area contributed by atoms with E-state index in [2.05, 4.69) is 15.6 Å². The number of thiocarbonyl (C=S) groups is 1. The van der Waals surface area contributed by atoms with Crippen molar-refractivity contribution in [3.8, 4) is 0 Å². The molecule has 2 aromatic rings. The molecule has 22 heavy (non-hydrogen) atoms. The smallest absolute Gasteiger partial charge is 0.171 e. The Morgan fingerprint density at radius 1 is 1.14 bits per heavy atom. The third-order valence-corrected chi connectivity index (χ3v) is 3.24. The molecule has 0 amide bonds. The van der Waals surface area contributed by atoms with E-state index in [1.807, 2.05) is 0 Å². The molecule has 0 saturated heterocycles. The number of halogens is 4. The summed E-state index contributed by atoms with van der Waals surface area (Å²) in [6.07, 6.45) is 1.40. The quantitative estimate of drug-likeness (QED) is 0.654. The molecule has 8 heteroatoms. The highest BCUT2D eigenvalue weighted by atomic mass is 35.5. The van der Waals surface area contributed by atoms with E-state index in [9.17, 15) is 13.2 Å². The lowest BCUT2D eigenvalue weighted by molar-refractivity contribution is 0.479. The van der Waals surface area contributed by atoms with Crippen molar-refractivity contribution in [2.75, 3.05) is 11.9 Å². The summed E-state index contributed by atoms with van der Waals surface area (Å²) in [6, 6.07) is 4.90. The fourth-order valence-electron chi connectivity index (χ4n) is 1.71. The van der Waals surface area contributed by atoms with Crippen molar-refractivity contribution in [2.45, 2.75) is 6.42 Å². The predicted octanol–water partition coefficient (Wildman–Crippen LogP) is 3.68. The van der Waals surface area contributed by atoms with Gasteiger partial charge in [-0.1, -0.05) is 11.6 Å². The van der Waals surface area contributed by atoms with Gasteiger partial charge in [-0.25, -0.2) is 18.2 Å². The molecule has 0 aliphatic carbocycles. The summed E-state index contributed by atoms with van der Waals surface area (Å²) in [5, 5.41) is 6.26. The van der Waals surface area contributed by atoms with Gasteiger partial charge in [0.15, 0.2) is 16.7 Å². The number of pyridine rings is 1. The molecular formula is C14H11ClF3N3S. The largest absolute Gasteiger partial charge is 0.362 e. The maximum Gasteiger partial charge on any atom is 0.171 e. The van der Waals surface area contributed by atoms with E-state index < -0.39 is 17.5 Å². The molecule has 0 fully saturated rings. The van der Waals surface area contributed by atoms with Gasteiger partial charge in [-0.15, -0.1) is 0 Å². The first-order valence-corrected chi connectivity index (χ1v) is 7.05. The van der Waals surface area contributed by atoms with Crippen LogP contribution in [-0.2, 0) is 6.42 Å². The van der Waals surface area contributed by atoms with E-state index in [1.165, 1.54) is 6.20 Å². The normalized spacial score (nSPS) is 10.4. The van der Waals surface area contributed by atoms with Gasteiger partial charge in [-0.2, -0.15) is 0 Å². The van der Waals surface area contributed by atoms with E-state index in [0.717, 1.165) is 12.1 Å². The lowest BCUT2D eigenvalue weighted by atomic mass is 10.1. The van der Waals surface area contributed by atoms with Gasteiger partial charge < -0.3 is 10.6 Å². The number of hydrogen-bond acceptors (Lipinski definition) is 2. The molecule has 1 aromatic carbocycles. The summed E-state index contributed by atoms with van der Waals surface area (Å²) in [7, 11) is 0. The van der Waals surface area contributed by atoms with E-state index in [4.69, 9.17) is 23.8 Å². The first-order chi connectivity index (χ1) is 10.5. The van der Waals surface area contributed by atoms with Gasteiger partial charge in [0.2, 0.25) is 0 Å². The number of rotatable bonds is 4. The van der Waals surface area contributed by atoms with Gasteiger partial charge >= 0.3 is 0 Å². The Bertz CT molecular complexity index is 680. The summed E-state index contributed by atoms with van der Waals surface area (Å²) in [4.78, 5) is 3.98. The molecule has 3 nitrogen and oxygen atoms in total. The van der Waals surface area contributed by atoms with Crippen LogP contribution in [-0.4, -0.2) is 16.6 Å². The predicted molar refractivity (Wildman–Crippen MR) is 83.5 cm³/mol. The molecule has 116 valence electrons. The maximum absolute atomic E-state index is 13.5. The highest BCUT2D eigenvalue weighted by Gasteiger charge is 2.13. The molecule has 0 spiro atoms. The minimum absolute atomic E-state index is 0.0503. The molecule has 1 aromatic heterocycles. The molecule has 0 bridgehead atoms. The van der Waals surface area contributed by atoms with Crippen molar-refractivity contribution in [3.63, 3.8) is 0 Å². The van der Waals surface area contributed by atoms with Crippen molar-refractivity contribution in [1.82, 2.24) is 10.3 Å². The van der Waals surface area contributed by atoms with Gasteiger partial charge in [0.1, 0.15) is 11.6 Å². The second-order valence-corrected chi connectivity index (χ2v) is 5.16. The van der Waals surface area contributed by atoms with E-state index in [1.54, 1.807) is 12.1 Å². The van der Waals surface area contributed by atoms with Gasteiger partial charge in [-0.3, -0.25) is 0 Å². The monoisotopic (exact) mass is 345 g/mol. The van der Waals surface area contributed by atoms with Crippen molar-refractivity contribution in [3.05, 3.63) is 58.5 Å². The van der Waals surface area contributed by atoms with Crippen LogP contribution in [0.1, 0.15) is 5.56 Å². The van der Waals surface area contributed by atoms with Crippen LogP contribution in [0.25, 0.3) is 0 Å². The van der Waals surface area contributed by atoms with E-state index in [-0.39, 0.29) is 23.6 Å². The van der Waals surface area contributed by atoms with Crippen LogP contribution in [0.4, 0.5) is 19.0 Å². The van der Waals surface area contributed by atoms with Crippen molar-refractivity contribution < 1.29 is 13.2 Å². The van der Waals surface area contributed by atoms with E-state index >= 15 is 0 Å². The average Bonchev–Trinajstić information content (AvgIpc) is 2.49. The first kappa shape index (κ1) is 16.5. The standard InChI is InChI=1S/C14H11ClF3N3S/c15-8-1-4-12(20-7-8)21-14(22)19-6-5-9-10(16)2-3-11(17)13(9)18/h1-4,7H,5-6H2,(H2,19,20,21,22). The maximum atomic E-state index is 13.5. The number of nitrogens with one attached hydrogen (secondary N) is 2. The highest BCUT2D eigenvalue weighted by Crippen LogP contribution is 2.16. The Morgan fingerprint density at radius 3 is 2.55 bits per heavy atom. The van der Waals surface area contributed by atoms with Crippen LogP contribution < -0.4 is 10.6 Å². The third kappa shape index (κ3) is 4.32. The van der Waals surface area contributed by atoms with Crippen LogP contribution in [0, 0.1) is 17.5 Å². The second kappa shape index (κ2) is 7.42. The third-order valence-electron chi connectivity index (χ3n) is 2.77. The number of benzene rings is 1. The van der Waals surface area contributed by atoms with Gasteiger partial charge in [-0.05, 0) is 42.9 Å². The summed E-state index contributed by atoms with van der Waals surface area (Å²) >= 11 is 10.7. The topological polar surface area (TPSA) is 37.0 Å². The molecule has 0 unspecified atom stereocenters. The Balaban J connectivity index is 1.87. The zero-order chi connectivity index (χ0) is 16.1. The lowest BCUT2D eigenvalue weighted by Crippen LogP contribution is -2.30. The van der Waals surface area contributed by atoms with Crippen molar-refractivity contribution in [2.24, 2.45) is 0 Å². The zero-order valence-electron chi connectivity index (χ0n) is 11.2. The molecule has 0 aliphatic rings. The highest BCUT2D eigenvalue weighted by molar-refractivity contribution is 7.80. The summed E-state index contributed by atoms with van der Waals surface area (Å²) in [5.74, 6) is -2.58. The fourth-order valence-corrected chi connectivity index (χ4v) is 2.03. The van der Waals surface area contributed by atoms with Crippen LogP contribution in [0.15, 0.2) is 30.5 Å². The average molecular weight is 346 g/mol. The van der Waals surface area contributed by atoms with Gasteiger partial charge in [0, 0.05) is 18.3 Å². The van der Waals surface area contributed by atoms with Crippen LogP contribution >= 0.6 is 23.8 Å². The lowest BCUT2D eigenvalue weighted by Gasteiger charge is -2.11. The molecule has 0 saturated carbocycles. The number of aromatic nitrogens is 1. The number of hydrogen-bond donors (Lipinski definition) is 2. The molecule has 0 radical (unpaired) electrons. The molecular weight excluding hydrogens is 335 g/mol. The molecule has 1 heterocycles. The van der Waals surface area contributed by atoms with E-state index in [0.29, 0.717) is 10.8 Å². The minimum Gasteiger partial charge on any atom is -0.362 e. The molecule has 2 rings (SSSR count). The Kier molecular flexibility index (Phi) is 5.57. The molecule has 0 aliphatic heterocycles. The first-order valence-electron chi connectivity index (χ1n) is 6.26. The van der Waals surface area contributed by atoms with Crippen molar-refractivity contribution >= 4 is 34.7 Å². The van der Waals surface area contributed by atoms with Crippen molar-refractivity contribution in [1.29, 1.82) is 0 Å². The van der Waals surface area contributed by atoms with Gasteiger partial charge in [0.25, 0.3) is 0 Å². The summed E-state index contributed by atoms with van der Waals surface area (Å²) < 4.78 is 39.9. The summed E-state index contributed by atoms with van der Waals surface area (Å²) in [6.45, 7) is 0.136. The molecule has 0 atom stereocenters. The number of nitrogens with zero attached hydrogens (tertiary/aromatic N) is 1. The SMILES string of the molecule is Fc1ccc(F)c(CCNC(=S)Nc2ccc(Cl)cn2)c1F. The molecule has 2 N–H and O–H groups in total. The Labute approximate surface area is 135 Å². The van der Waals surface area contributed by atoms with Crippen LogP contribution in [0.3, 0.4) is 0 Å². The van der Waals surface area contributed by atoms with Gasteiger partial charge in [0.05, 0.1) is 5.02 Å². The fraction of sp³-hybridized carbons (Fsp3) is 0.143. The number of anilines is 1. The van der Waals surface area contributed by atoms with Crippen LogP contribution in [0.5, 0.6) is 0 Å². The second-order valence-electron chi connectivity index (χ2n) is 4.31. The Morgan fingerprint density at radius 2 is 1.86 bits per heavy atom. The van der Waals surface area contributed by atoms with Crippen LogP contribution in [0.2, 0.25) is 5.02 Å². The zero-order valence-corrected chi connectivity index (χ0v) is 12.7. The Hall–Kier alpha value is -1.86. The summed E-state index contributed by atoms with van der Waals surface area (Å²) in [5.41, 5.74) is -0.320.